The minimum Gasteiger partial charge on any atom is -0.404 e. The molecule has 0 aromatic heterocycles. The van der Waals surface area contributed by atoms with E-state index in [2.05, 4.69) is 69.3 Å². The summed E-state index contributed by atoms with van der Waals surface area (Å²) >= 11 is 0. The second-order valence-corrected chi connectivity index (χ2v) is 19.1. The molecule has 3 aromatic rings. The SMILES string of the molecule is Cc1ccc(S(=O)(=O)N2C[C@]3(CO[Si](c4ccccc4)(c4ccccc4)C(C)(C)C)O[C@@H]4OC(C)(C)O[C@@H]4[C@H]23)cc1. The fraction of sp³-hybridized carbons (Fsp3) is 0.438. The van der Waals surface area contributed by atoms with Crippen molar-refractivity contribution in [1.82, 2.24) is 4.31 Å². The first kappa shape index (κ1) is 28.7. The van der Waals surface area contributed by atoms with E-state index >= 15 is 0 Å². The van der Waals surface area contributed by atoms with Gasteiger partial charge in [0.1, 0.15) is 11.7 Å². The van der Waals surface area contributed by atoms with Crippen molar-refractivity contribution < 1.29 is 27.1 Å². The zero-order chi connectivity index (χ0) is 29.3. The molecule has 0 radical (unpaired) electrons. The normalized spacial score (nSPS) is 27.7. The van der Waals surface area contributed by atoms with Crippen LogP contribution in [0.3, 0.4) is 0 Å². The van der Waals surface area contributed by atoms with Crippen molar-refractivity contribution in [3.05, 3.63) is 90.5 Å². The number of ether oxygens (including phenoxy) is 3. The average molecular weight is 594 g/mol. The summed E-state index contributed by atoms with van der Waals surface area (Å²) in [6.07, 6.45) is -1.25. The molecule has 3 fully saturated rings. The highest BCUT2D eigenvalue weighted by Gasteiger charge is 2.72. The standard InChI is InChI=1S/C32H39NO6SSi/c1-23-17-19-24(20-18-23)40(34,35)33-21-32(28(33)27-29(39-32)38-31(5,6)37-27)22-36-41(30(2,3)4,25-13-9-7-10-14-25)26-15-11-8-12-16-26/h7-20,27-29H,21-22H2,1-6H3/t27-,28+,29+,32-/m1/s1. The van der Waals surface area contributed by atoms with Crippen molar-refractivity contribution in [3.8, 4) is 0 Å². The van der Waals surface area contributed by atoms with Crippen molar-refractivity contribution >= 4 is 28.7 Å². The molecule has 0 unspecified atom stereocenters. The monoisotopic (exact) mass is 593 g/mol. The number of sulfonamides is 1. The maximum atomic E-state index is 13.9. The van der Waals surface area contributed by atoms with Crippen LogP contribution < -0.4 is 10.4 Å². The second-order valence-electron chi connectivity index (χ2n) is 12.9. The predicted octanol–water partition coefficient (Wildman–Crippen LogP) is 4.19. The van der Waals surface area contributed by atoms with Crippen LogP contribution in [0.25, 0.3) is 0 Å². The molecule has 9 heteroatoms. The maximum Gasteiger partial charge on any atom is 0.261 e. The molecule has 3 aliphatic rings. The molecule has 0 N–H and O–H groups in total. The molecule has 0 amide bonds. The third kappa shape index (κ3) is 4.62. The summed E-state index contributed by atoms with van der Waals surface area (Å²) in [4.78, 5) is 0.256. The third-order valence-electron chi connectivity index (χ3n) is 8.60. The van der Waals surface area contributed by atoms with Crippen LogP contribution in [0.1, 0.15) is 40.2 Å². The van der Waals surface area contributed by atoms with E-state index < -0.39 is 48.2 Å². The first-order chi connectivity index (χ1) is 19.3. The van der Waals surface area contributed by atoms with Crippen LogP contribution in [0.5, 0.6) is 0 Å². The van der Waals surface area contributed by atoms with Gasteiger partial charge in [-0.3, -0.25) is 0 Å². The topological polar surface area (TPSA) is 74.3 Å². The van der Waals surface area contributed by atoms with Crippen LogP contribution in [0.15, 0.2) is 89.8 Å². The van der Waals surface area contributed by atoms with Crippen molar-refractivity contribution in [3.63, 3.8) is 0 Å². The largest absolute Gasteiger partial charge is 0.404 e. The zero-order valence-corrected chi connectivity index (χ0v) is 26.4. The summed E-state index contributed by atoms with van der Waals surface area (Å²) in [6.45, 7) is 12.6. The summed E-state index contributed by atoms with van der Waals surface area (Å²) in [5.41, 5.74) is 0.0931. The number of rotatable bonds is 7. The first-order valence-corrected chi connectivity index (χ1v) is 17.5. The molecule has 0 spiro atoms. The minimum atomic E-state index is -3.80. The molecule has 0 saturated carbocycles. The second kappa shape index (κ2) is 9.84. The van der Waals surface area contributed by atoms with Crippen LogP contribution in [0.4, 0.5) is 0 Å². The maximum absolute atomic E-state index is 13.9. The van der Waals surface area contributed by atoms with Gasteiger partial charge in [-0.25, -0.2) is 8.42 Å². The van der Waals surface area contributed by atoms with Crippen LogP contribution in [0, 0.1) is 6.92 Å². The summed E-state index contributed by atoms with van der Waals surface area (Å²) in [7, 11) is -6.69. The Morgan fingerprint density at radius 1 is 0.878 bits per heavy atom. The van der Waals surface area contributed by atoms with Crippen LogP contribution >= 0.6 is 0 Å². The fourth-order valence-corrected chi connectivity index (χ4v) is 13.1. The molecule has 7 nitrogen and oxygen atoms in total. The summed E-state index contributed by atoms with van der Waals surface area (Å²) < 4.78 is 55.6. The highest BCUT2D eigenvalue weighted by atomic mass is 32.2. The van der Waals surface area contributed by atoms with Gasteiger partial charge in [0, 0.05) is 6.54 Å². The Morgan fingerprint density at radius 2 is 1.44 bits per heavy atom. The van der Waals surface area contributed by atoms with E-state index in [-0.39, 0.29) is 23.1 Å². The molecule has 3 aliphatic heterocycles. The molecule has 0 aliphatic carbocycles. The van der Waals surface area contributed by atoms with E-state index in [1.54, 1.807) is 12.1 Å². The van der Waals surface area contributed by atoms with E-state index in [9.17, 15) is 8.42 Å². The van der Waals surface area contributed by atoms with Crippen LogP contribution in [-0.4, -0.2) is 64.0 Å². The zero-order valence-electron chi connectivity index (χ0n) is 24.5. The quantitative estimate of drug-likeness (QED) is 0.383. The molecule has 3 heterocycles. The van der Waals surface area contributed by atoms with Gasteiger partial charge in [0.05, 0.1) is 17.5 Å². The lowest BCUT2D eigenvalue weighted by Crippen LogP contribution is -2.76. The molecule has 0 bridgehead atoms. The van der Waals surface area contributed by atoms with Crippen molar-refractivity contribution in [2.45, 2.75) is 81.3 Å². The van der Waals surface area contributed by atoms with Gasteiger partial charge in [-0.15, -0.1) is 0 Å². The smallest absolute Gasteiger partial charge is 0.261 e. The Morgan fingerprint density at radius 3 is 1.98 bits per heavy atom. The van der Waals surface area contributed by atoms with Gasteiger partial charge < -0.3 is 18.6 Å². The van der Waals surface area contributed by atoms with Crippen molar-refractivity contribution in [1.29, 1.82) is 0 Å². The van der Waals surface area contributed by atoms with E-state index in [0.717, 1.165) is 15.9 Å². The Labute approximate surface area is 244 Å². The Bertz CT molecular complexity index is 1470. The average Bonchev–Trinajstić information content (AvgIpc) is 3.30. The third-order valence-corrected chi connectivity index (χ3v) is 15.4. The van der Waals surface area contributed by atoms with E-state index in [1.165, 1.54) is 4.31 Å². The van der Waals surface area contributed by atoms with Crippen molar-refractivity contribution in [2.75, 3.05) is 13.2 Å². The lowest BCUT2D eigenvalue weighted by atomic mass is 9.85. The van der Waals surface area contributed by atoms with E-state index in [0.29, 0.717) is 0 Å². The van der Waals surface area contributed by atoms with Gasteiger partial charge in [0.15, 0.2) is 12.1 Å². The lowest BCUT2D eigenvalue weighted by molar-refractivity contribution is -0.257. The predicted molar refractivity (Wildman–Crippen MR) is 160 cm³/mol. The number of fused-ring (bicyclic) bond motifs is 3. The van der Waals surface area contributed by atoms with Crippen LogP contribution in [-0.2, 0) is 28.7 Å². The molecular formula is C32H39NO6SSi. The highest BCUT2D eigenvalue weighted by Crippen LogP contribution is 2.52. The summed E-state index contributed by atoms with van der Waals surface area (Å²) in [5.74, 6) is -0.880. The molecule has 218 valence electrons. The molecule has 41 heavy (non-hydrogen) atoms. The van der Waals surface area contributed by atoms with Gasteiger partial charge in [-0.1, -0.05) is 99.1 Å². The Hall–Kier alpha value is -2.37. The Balaban J connectivity index is 1.39. The van der Waals surface area contributed by atoms with E-state index in [1.807, 2.05) is 45.0 Å². The fourth-order valence-electron chi connectivity index (χ4n) is 6.71. The van der Waals surface area contributed by atoms with E-state index in [4.69, 9.17) is 18.6 Å². The molecule has 6 rings (SSSR count). The van der Waals surface area contributed by atoms with Gasteiger partial charge in [0.25, 0.3) is 8.32 Å². The lowest BCUT2D eigenvalue weighted by Gasteiger charge is -2.54. The number of hydrogen-bond donors (Lipinski definition) is 0. The van der Waals surface area contributed by atoms with Crippen LogP contribution in [0.2, 0.25) is 5.04 Å². The first-order valence-electron chi connectivity index (χ1n) is 14.2. The van der Waals surface area contributed by atoms with Gasteiger partial charge in [-0.05, 0) is 48.3 Å². The highest BCUT2D eigenvalue weighted by molar-refractivity contribution is 7.89. The molecule has 3 saturated heterocycles. The number of benzene rings is 3. The van der Waals surface area contributed by atoms with Gasteiger partial charge in [-0.2, -0.15) is 4.31 Å². The molecular weight excluding hydrogens is 555 g/mol. The minimum absolute atomic E-state index is 0.159. The number of hydrogen-bond acceptors (Lipinski definition) is 6. The van der Waals surface area contributed by atoms with Crippen molar-refractivity contribution in [2.24, 2.45) is 0 Å². The summed E-state index contributed by atoms with van der Waals surface area (Å²) in [6, 6.07) is 27.2. The van der Waals surface area contributed by atoms with Gasteiger partial charge in [0.2, 0.25) is 10.0 Å². The van der Waals surface area contributed by atoms with Gasteiger partial charge >= 0.3 is 0 Å². The molecule has 3 aromatic carbocycles. The Kier molecular flexibility index (Phi) is 6.90. The summed E-state index contributed by atoms with van der Waals surface area (Å²) in [5, 5.41) is 2.08. The molecule has 4 atom stereocenters. The number of aryl methyl sites for hydroxylation is 1. The number of nitrogens with zero attached hydrogens (tertiary/aromatic N) is 1.